The molecule has 6 heteroatoms. The minimum Gasteiger partial charge on any atom is -0.372 e. The lowest BCUT2D eigenvalue weighted by molar-refractivity contribution is 0.102. The van der Waals surface area contributed by atoms with Crippen LogP contribution in [0.15, 0.2) is 36.7 Å². The number of hydrogen-bond acceptors (Lipinski definition) is 4. The Balaban J connectivity index is 2.16. The summed E-state index contributed by atoms with van der Waals surface area (Å²) in [7, 11) is 1.71. The molecule has 0 radical (unpaired) electrons. The Labute approximate surface area is 109 Å². The Morgan fingerprint density at radius 1 is 1.33 bits per heavy atom. The van der Waals surface area contributed by atoms with Gasteiger partial charge in [0.2, 0.25) is 0 Å². The molecule has 1 aromatic heterocycles. The predicted molar refractivity (Wildman–Crippen MR) is 71.0 cm³/mol. The number of rotatable bonds is 3. The first-order valence-electron chi connectivity index (χ1n) is 5.26. The Morgan fingerprint density at radius 2 is 2.17 bits per heavy atom. The number of nitrogens with zero attached hydrogens (tertiary/aromatic N) is 2. The molecule has 0 aliphatic carbocycles. The van der Waals surface area contributed by atoms with Crippen LogP contribution in [0.3, 0.4) is 0 Å². The fourth-order valence-corrected chi connectivity index (χ4v) is 1.55. The normalized spacial score (nSPS) is 9.89. The summed E-state index contributed by atoms with van der Waals surface area (Å²) in [5.41, 5.74) is 0.853. The Kier molecular flexibility index (Phi) is 3.74. The van der Waals surface area contributed by atoms with Crippen molar-refractivity contribution in [3.8, 4) is 0 Å². The van der Waals surface area contributed by atoms with Gasteiger partial charge in [0.15, 0.2) is 0 Å². The van der Waals surface area contributed by atoms with Gasteiger partial charge < -0.3 is 10.6 Å². The van der Waals surface area contributed by atoms with E-state index in [1.54, 1.807) is 31.3 Å². The molecule has 0 atom stereocenters. The minimum atomic E-state index is -0.332. The number of amides is 1. The van der Waals surface area contributed by atoms with Crippen LogP contribution < -0.4 is 10.6 Å². The van der Waals surface area contributed by atoms with E-state index >= 15 is 0 Å². The molecule has 0 aliphatic heterocycles. The van der Waals surface area contributed by atoms with Crippen molar-refractivity contribution >= 4 is 29.0 Å². The monoisotopic (exact) mass is 262 g/mol. The van der Waals surface area contributed by atoms with Crippen molar-refractivity contribution in [3.05, 3.63) is 47.4 Å². The maximum absolute atomic E-state index is 11.9. The summed E-state index contributed by atoms with van der Waals surface area (Å²) in [6, 6.07) is 6.90. The molecule has 18 heavy (non-hydrogen) atoms. The van der Waals surface area contributed by atoms with Crippen molar-refractivity contribution in [1.29, 1.82) is 0 Å². The summed E-state index contributed by atoms with van der Waals surface area (Å²) in [5.74, 6) is 0.204. The number of carbonyl (C=O) groups excluding carboxylic acids is 1. The van der Waals surface area contributed by atoms with Gasteiger partial charge in [-0.2, -0.15) is 0 Å². The minimum absolute atomic E-state index is 0.238. The second-order valence-corrected chi connectivity index (χ2v) is 3.94. The zero-order chi connectivity index (χ0) is 13.0. The summed E-state index contributed by atoms with van der Waals surface area (Å²) in [4.78, 5) is 19.9. The molecule has 2 N–H and O–H groups in total. The highest BCUT2D eigenvalue weighted by Crippen LogP contribution is 2.15. The topological polar surface area (TPSA) is 66.9 Å². The van der Waals surface area contributed by atoms with Gasteiger partial charge in [-0.3, -0.25) is 9.78 Å². The smallest absolute Gasteiger partial charge is 0.275 e. The first kappa shape index (κ1) is 12.3. The van der Waals surface area contributed by atoms with Crippen LogP contribution in [-0.4, -0.2) is 22.9 Å². The number of carbonyl (C=O) groups is 1. The summed E-state index contributed by atoms with van der Waals surface area (Å²) in [5, 5.41) is 6.08. The second kappa shape index (κ2) is 5.46. The van der Waals surface area contributed by atoms with Crippen LogP contribution in [0.5, 0.6) is 0 Å². The molecule has 0 bridgehead atoms. The van der Waals surface area contributed by atoms with Gasteiger partial charge in [-0.1, -0.05) is 17.7 Å². The van der Waals surface area contributed by atoms with Gasteiger partial charge >= 0.3 is 0 Å². The lowest BCUT2D eigenvalue weighted by Gasteiger charge is -2.05. The molecule has 1 aromatic carbocycles. The molecule has 0 fully saturated rings. The van der Waals surface area contributed by atoms with E-state index in [2.05, 4.69) is 20.6 Å². The Morgan fingerprint density at radius 3 is 2.89 bits per heavy atom. The maximum Gasteiger partial charge on any atom is 0.275 e. The van der Waals surface area contributed by atoms with Crippen molar-refractivity contribution in [1.82, 2.24) is 9.97 Å². The van der Waals surface area contributed by atoms with Crippen LogP contribution in [0.1, 0.15) is 10.5 Å². The van der Waals surface area contributed by atoms with Crippen molar-refractivity contribution in [2.75, 3.05) is 17.7 Å². The maximum atomic E-state index is 11.9. The van der Waals surface area contributed by atoms with Crippen molar-refractivity contribution in [2.45, 2.75) is 0 Å². The van der Waals surface area contributed by atoms with Crippen LogP contribution in [0.2, 0.25) is 5.02 Å². The average Bonchev–Trinajstić information content (AvgIpc) is 2.39. The zero-order valence-electron chi connectivity index (χ0n) is 9.64. The first-order valence-corrected chi connectivity index (χ1v) is 5.63. The quantitative estimate of drug-likeness (QED) is 0.892. The molecule has 0 spiro atoms. The molecular weight excluding hydrogens is 252 g/mol. The summed E-state index contributed by atoms with van der Waals surface area (Å²) >= 11 is 5.83. The van der Waals surface area contributed by atoms with Gasteiger partial charge in [-0.25, -0.2) is 4.98 Å². The summed E-state index contributed by atoms with van der Waals surface area (Å²) in [6.45, 7) is 0. The van der Waals surface area contributed by atoms with Gasteiger partial charge in [0.1, 0.15) is 11.5 Å². The van der Waals surface area contributed by atoms with Crippen molar-refractivity contribution in [3.63, 3.8) is 0 Å². The van der Waals surface area contributed by atoms with Gasteiger partial charge in [0, 0.05) is 17.8 Å². The van der Waals surface area contributed by atoms with Crippen LogP contribution in [0.4, 0.5) is 11.5 Å². The highest BCUT2D eigenvalue weighted by atomic mass is 35.5. The van der Waals surface area contributed by atoms with Crippen molar-refractivity contribution < 1.29 is 4.79 Å². The molecule has 92 valence electrons. The molecule has 5 nitrogen and oxygen atoms in total. The Bertz CT molecular complexity index is 574. The number of hydrogen-bond donors (Lipinski definition) is 2. The van der Waals surface area contributed by atoms with Crippen molar-refractivity contribution in [2.24, 2.45) is 0 Å². The average molecular weight is 263 g/mol. The summed E-state index contributed by atoms with van der Waals surface area (Å²) in [6.07, 6.45) is 2.94. The number of halogens is 1. The van der Waals surface area contributed by atoms with Crippen LogP contribution in [0, 0.1) is 0 Å². The van der Waals surface area contributed by atoms with E-state index in [1.807, 2.05) is 0 Å². The van der Waals surface area contributed by atoms with Crippen LogP contribution >= 0.6 is 11.6 Å². The number of benzene rings is 1. The van der Waals surface area contributed by atoms with E-state index in [1.165, 1.54) is 12.4 Å². The zero-order valence-corrected chi connectivity index (χ0v) is 10.4. The number of anilines is 2. The number of aromatic nitrogens is 2. The van der Waals surface area contributed by atoms with Gasteiger partial charge in [0.25, 0.3) is 5.91 Å². The van der Waals surface area contributed by atoms with E-state index in [0.29, 0.717) is 16.5 Å². The van der Waals surface area contributed by atoms with Crippen LogP contribution in [0.25, 0.3) is 0 Å². The van der Waals surface area contributed by atoms with Gasteiger partial charge in [-0.15, -0.1) is 0 Å². The van der Waals surface area contributed by atoms with E-state index < -0.39 is 0 Å². The fraction of sp³-hybridized carbons (Fsp3) is 0.0833. The van der Waals surface area contributed by atoms with Gasteiger partial charge in [-0.05, 0) is 18.2 Å². The number of nitrogens with one attached hydrogen (secondary N) is 2. The molecule has 1 heterocycles. The van der Waals surface area contributed by atoms with E-state index in [9.17, 15) is 4.79 Å². The third-order valence-corrected chi connectivity index (χ3v) is 2.44. The molecule has 0 aliphatic rings. The molecular formula is C12H11ClN4O. The Hall–Kier alpha value is -2.14. The molecule has 0 saturated heterocycles. The van der Waals surface area contributed by atoms with Gasteiger partial charge in [0.05, 0.1) is 12.4 Å². The highest BCUT2D eigenvalue weighted by Gasteiger charge is 2.09. The highest BCUT2D eigenvalue weighted by molar-refractivity contribution is 6.30. The third kappa shape index (κ3) is 2.95. The molecule has 1 amide bonds. The summed E-state index contributed by atoms with van der Waals surface area (Å²) < 4.78 is 0. The largest absolute Gasteiger partial charge is 0.372 e. The fourth-order valence-electron chi connectivity index (χ4n) is 1.36. The molecule has 0 saturated carbocycles. The predicted octanol–water partition coefficient (Wildman–Crippen LogP) is 2.42. The molecule has 2 aromatic rings. The molecule has 2 rings (SSSR count). The third-order valence-electron chi connectivity index (χ3n) is 2.21. The van der Waals surface area contributed by atoms with E-state index in [0.717, 1.165) is 0 Å². The standard InChI is InChI=1S/C12H11ClN4O/c1-14-11-7-15-6-10(17-11)12(18)16-9-4-2-3-8(13)5-9/h2-7H,1H3,(H,14,17)(H,16,18). The lowest BCUT2D eigenvalue weighted by Crippen LogP contribution is -2.14. The van der Waals surface area contributed by atoms with E-state index in [-0.39, 0.29) is 11.6 Å². The lowest BCUT2D eigenvalue weighted by atomic mass is 10.3. The second-order valence-electron chi connectivity index (χ2n) is 3.50. The molecule has 0 unspecified atom stereocenters. The van der Waals surface area contributed by atoms with E-state index in [4.69, 9.17) is 11.6 Å². The van der Waals surface area contributed by atoms with Crippen LogP contribution in [-0.2, 0) is 0 Å². The first-order chi connectivity index (χ1) is 8.69. The SMILES string of the molecule is CNc1cncc(C(=O)Nc2cccc(Cl)c2)n1.